The van der Waals surface area contributed by atoms with Crippen LogP contribution in [0, 0.1) is 0 Å². The van der Waals surface area contributed by atoms with Gasteiger partial charge in [0.05, 0.1) is 5.69 Å². The normalized spacial score (nSPS) is 13.7. The molecule has 0 radical (unpaired) electrons. The predicted molar refractivity (Wildman–Crippen MR) is 105 cm³/mol. The van der Waals surface area contributed by atoms with Gasteiger partial charge in [-0.15, -0.1) is 0 Å². The Kier molecular flexibility index (Phi) is 4.38. The third kappa shape index (κ3) is 3.50. The van der Waals surface area contributed by atoms with Gasteiger partial charge in [0.15, 0.2) is 0 Å². The number of rotatable bonds is 1. The van der Waals surface area contributed by atoms with Gasteiger partial charge < -0.3 is 0 Å². The lowest BCUT2D eigenvalue weighted by Gasteiger charge is -2.24. The van der Waals surface area contributed by atoms with Crippen molar-refractivity contribution in [2.24, 2.45) is 4.99 Å². The van der Waals surface area contributed by atoms with Gasteiger partial charge in [-0.25, -0.2) is 4.98 Å². The molecule has 4 rings (SSSR count). The summed E-state index contributed by atoms with van der Waals surface area (Å²) >= 11 is 0. The van der Waals surface area contributed by atoms with E-state index in [1.165, 1.54) is 0 Å². The number of hydrogen-bond donors (Lipinski definition) is 0. The zero-order valence-electron chi connectivity index (χ0n) is 13.9. The van der Waals surface area contributed by atoms with Gasteiger partial charge in [0.1, 0.15) is 5.82 Å². The zero-order chi connectivity index (χ0) is 16.9. The van der Waals surface area contributed by atoms with Crippen molar-refractivity contribution in [2.75, 3.05) is 11.4 Å². The Balaban J connectivity index is 1.92. The molecule has 0 N–H and O–H groups in total. The van der Waals surface area contributed by atoms with Gasteiger partial charge >= 0.3 is 0 Å². The second-order valence-corrected chi connectivity index (χ2v) is 5.91. The number of pyridine rings is 1. The molecule has 122 valence electrons. The standard InChI is InChI=1S/C22H19N3/c1-2-11-20(12-3-1)25-21-13-6-8-18(16-21)17-23-15-5-4-9-19-10-7-14-22(25)24-19/h1-4,6-14,16-17H,5,15H2. The number of benzene rings is 2. The maximum Gasteiger partial charge on any atom is 0.138 e. The fourth-order valence-corrected chi connectivity index (χ4v) is 2.91. The van der Waals surface area contributed by atoms with E-state index in [4.69, 9.17) is 4.98 Å². The first kappa shape index (κ1) is 15.3. The number of anilines is 3. The van der Waals surface area contributed by atoms with E-state index < -0.39 is 0 Å². The first-order valence-electron chi connectivity index (χ1n) is 8.49. The average Bonchev–Trinajstić information content (AvgIpc) is 2.66. The summed E-state index contributed by atoms with van der Waals surface area (Å²) in [7, 11) is 0. The molecular formula is C22H19N3. The van der Waals surface area contributed by atoms with Crippen molar-refractivity contribution in [2.45, 2.75) is 6.42 Å². The zero-order valence-corrected chi connectivity index (χ0v) is 13.9. The van der Waals surface area contributed by atoms with Crippen molar-refractivity contribution in [1.82, 2.24) is 4.98 Å². The predicted octanol–water partition coefficient (Wildman–Crippen LogP) is 5.39. The fourth-order valence-electron chi connectivity index (χ4n) is 2.91. The first-order valence-corrected chi connectivity index (χ1v) is 8.49. The van der Waals surface area contributed by atoms with Gasteiger partial charge in [0, 0.05) is 24.1 Å². The summed E-state index contributed by atoms with van der Waals surface area (Å²) in [6.07, 6.45) is 7.05. The number of aromatic nitrogens is 1. The number of aliphatic imine (C=N–C) groups is 1. The third-order valence-corrected chi connectivity index (χ3v) is 4.08. The van der Waals surface area contributed by atoms with Crippen LogP contribution in [0.4, 0.5) is 17.2 Å². The van der Waals surface area contributed by atoms with Crippen LogP contribution in [0.5, 0.6) is 0 Å². The SMILES string of the molecule is C1=Cc2cccc(n2)N(c2ccccc2)c2cccc(c2)C=NCC1. The van der Waals surface area contributed by atoms with Crippen molar-refractivity contribution in [3.63, 3.8) is 0 Å². The number of hydrogen-bond acceptors (Lipinski definition) is 3. The lowest BCUT2D eigenvalue weighted by molar-refractivity contribution is 1.02. The monoisotopic (exact) mass is 325 g/mol. The topological polar surface area (TPSA) is 28.5 Å². The Morgan fingerprint density at radius 3 is 2.56 bits per heavy atom. The minimum Gasteiger partial charge on any atom is -0.295 e. The molecule has 2 heterocycles. The minimum absolute atomic E-state index is 0.781. The quantitative estimate of drug-likeness (QED) is 0.600. The van der Waals surface area contributed by atoms with E-state index in [0.717, 1.165) is 41.4 Å². The van der Waals surface area contributed by atoms with Gasteiger partial charge in [0.2, 0.25) is 0 Å². The van der Waals surface area contributed by atoms with Crippen LogP contribution in [0.1, 0.15) is 17.7 Å². The van der Waals surface area contributed by atoms with E-state index in [9.17, 15) is 0 Å². The number of nitrogens with zero attached hydrogens (tertiary/aromatic N) is 3. The molecule has 0 amide bonds. The maximum absolute atomic E-state index is 4.85. The lowest BCUT2D eigenvalue weighted by atomic mass is 10.1. The maximum atomic E-state index is 4.85. The van der Waals surface area contributed by atoms with Crippen LogP contribution in [-0.4, -0.2) is 17.7 Å². The summed E-state index contributed by atoms with van der Waals surface area (Å²) in [4.78, 5) is 11.5. The summed E-state index contributed by atoms with van der Waals surface area (Å²) in [5.74, 6) is 0.904. The molecule has 4 bridgehead atoms. The molecule has 1 aromatic heterocycles. The number of fused-ring (bicyclic) bond motifs is 4. The van der Waals surface area contributed by atoms with E-state index >= 15 is 0 Å². The second kappa shape index (κ2) is 7.14. The summed E-state index contributed by atoms with van der Waals surface area (Å²) in [6.45, 7) is 0.781. The molecule has 0 atom stereocenters. The van der Waals surface area contributed by atoms with Crippen molar-refractivity contribution in [3.8, 4) is 0 Å². The molecule has 1 aliphatic heterocycles. The van der Waals surface area contributed by atoms with Crippen LogP contribution in [0.25, 0.3) is 6.08 Å². The molecule has 1 aliphatic rings. The molecule has 0 aliphatic carbocycles. The van der Waals surface area contributed by atoms with E-state index in [1.54, 1.807) is 0 Å². The first-order chi connectivity index (χ1) is 12.4. The summed E-state index contributed by atoms with van der Waals surface area (Å²) in [5.41, 5.74) is 4.21. The Hall–Kier alpha value is -3.20. The Morgan fingerprint density at radius 1 is 0.800 bits per heavy atom. The summed E-state index contributed by atoms with van der Waals surface area (Å²) in [6, 6.07) is 24.8. The summed E-state index contributed by atoms with van der Waals surface area (Å²) in [5, 5.41) is 0. The smallest absolute Gasteiger partial charge is 0.138 e. The number of para-hydroxylation sites is 1. The van der Waals surface area contributed by atoms with Gasteiger partial charge in [-0.05, 0) is 54.5 Å². The highest BCUT2D eigenvalue weighted by Crippen LogP contribution is 2.33. The van der Waals surface area contributed by atoms with Crippen LogP contribution in [0.3, 0.4) is 0 Å². The van der Waals surface area contributed by atoms with E-state index in [-0.39, 0.29) is 0 Å². The van der Waals surface area contributed by atoms with Gasteiger partial charge in [-0.3, -0.25) is 9.89 Å². The van der Waals surface area contributed by atoms with Gasteiger partial charge in [-0.2, -0.15) is 0 Å². The van der Waals surface area contributed by atoms with E-state index in [1.807, 2.05) is 36.5 Å². The third-order valence-electron chi connectivity index (χ3n) is 4.08. The Labute approximate surface area is 148 Å². The minimum atomic E-state index is 0.781. The lowest BCUT2D eigenvalue weighted by Crippen LogP contribution is -2.12. The van der Waals surface area contributed by atoms with Crippen molar-refractivity contribution in [3.05, 3.63) is 90.1 Å². The average molecular weight is 325 g/mol. The van der Waals surface area contributed by atoms with Crippen molar-refractivity contribution < 1.29 is 0 Å². The molecule has 0 saturated heterocycles. The highest BCUT2D eigenvalue weighted by Gasteiger charge is 2.14. The molecule has 0 fully saturated rings. The molecule has 25 heavy (non-hydrogen) atoms. The van der Waals surface area contributed by atoms with E-state index in [2.05, 4.69) is 64.5 Å². The Morgan fingerprint density at radius 2 is 1.64 bits per heavy atom. The van der Waals surface area contributed by atoms with Crippen LogP contribution in [-0.2, 0) is 0 Å². The van der Waals surface area contributed by atoms with Crippen molar-refractivity contribution in [1.29, 1.82) is 0 Å². The van der Waals surface area contributed by atoms with Gasteiger partial charge in [-0.1, -0.05) is 42.5 Å². The largest absolute Gasteiger partial charge is 0.295 e. The van der Waals surface area contributed by atoms with E-state index in [0.29, 0.717) is 0 Å². The molecule has 0 unspecified atom stereocenters. The second-order valence-electron chi connectivity index (χ2n) is 5.91. The molecule has 0 saturated carbocycles. The molecule has 0 spiro atoms. The van der Waals surface area contributed by atoms with Gasteiger partial charge in [0.25, 0.3) is 0 Å². The molecule has 3 nitrogen and oxygen atoms in total. The van der Waals surface area contributed by atoms with Crippen molar-refractivity contribution >= 4 is 29.5 Å². The molecule has 3 aromatic rings. The molecule has 2 aromatic carbocycles. The highest BCUT2D eigenvalue weighted by atomic mass is 15.2. The molecular weight excluding hydrogens is 306 g/mol. The highest BCUT2D eigenvalue weighted by molar-refractivity contribution is 5.84. The fraction of sp³-hybridized carbons (Fsp3) is 0.0909. The summed E-state index contributed by atoms with van der Waals surface area (Å²) < 4.78 is 0. The van der Waals surface area contributed by atoms with Crippen LogP contribution in [0.2, 0.25) is 0 Å². The Bertz CT molecular complexity index is 856. The van der Waals surface area contributed by atoms with Crippen LogP contribution >= 0.6 is 0 Å². The van der Waals surface area contributed by atoms with Crippen LogP contribution in [0.15, 0.2) is 83.9 Å². The van der Waals surface area contributed by atoms with Crippen LogP contribution < -0.4 is 4.90 Å². The molecule has 3 heteroatoms.